The predicted octanol–water partition coefficient (Wildman–Crippen LogP) is 1.47. The Balaban J connectivity index is 0.00000242. The summed E-state index contributed by atoms with van der Waals surface area (Å²) in [7, 11) is 0. The van der Waals surface area contributed by atoms with Crippen LogP contribution >= 0.6 is 28.3 Å². The monoisotopic (exact) mass is 393 g/mol. The summed E-state index contributed by atoms with van der Waals surface area (Å²) < 4.78 is 13.6. The number of carbonyl (C=O) groups is 2. The van der Waals surface area contributed by atoms with E-state index in [1.807, 2.05) is 0 Å². The minimum Gasteiger partial charge on any atom is -0.356 e. The SMILES string of the molecule is Cl.O=C(CCNC(=O)c1cc(F)ccc1Br)NCC1CNC1. The van der Waals surface area contributed by atoms with Gasteiger partial charge in [0.1, 0.15) is 5.82 Å². The standard InChI is InChI=1S/C14H17BrFN3O2.ClH/c15-12-2-1-10(16)5-11(12)14(21)18-4-3-13(20)19-8-9-6-17-7-9;/h1-2,5,9,17H,3-4,6-8H2,(H,18,21)(H,19,20);1H. The summed E-state index contributed by atoms with van der Waals surface area (Å²) in [6.07, 6.45) is 0.207. The zero-order valence-electron chi connectivity index (χ0n) is 11.8. The lowest BCUT2D eigenvalue weighted by Gasteiger charge is -2.27. The molecule has 0 atom stereocenters. The first kappa shape index (κ1) is 18.9. The predicted molar refractivity (Wildman–Crippen MR) is 87.7 cm³/mol. The van der Waals surface area contributed by atoms with Crippen LogP contribution in [0.4, 0.5) is 4.39 Å². The number of benzene rings is 1. The van der Waals surface area contributed by atoms with Gasteiger partial charge >= 0.3 is 0 Å². The average Bonchev–Trinajstić information content (AvgIpc) is 2.39. The molecule has 1 saturated heterocycles. The first-order valence-corrected chi connectivity index (χ1v) is 7.56. The highest BCUT2D eigenvalue weighted by Crippen LogP contribution is 2.17. The van der Waals surface area contributed by atoms with E-state index in [0.717, 1.165) is 19.2 Å². The van der Waals surface area contributed by atoms with Crippen molar-refractivity contribution < 1.29 is 14.0 Å². The Bertz CT molecular complexity index is 541. The van der Waals surface area contributed by atoms with Gasteiger partial charge in [0.05, 0.1) is 5.56 Å². The van der Waals surface area contributed by atoms with Crippen LogP contribution in [0, 0.1) is 11.7 Å². The van der Waals surface area contributed by atoms with E-state index >= 15 is 0 Å². The highest BCUT2D eigenvalue weighted by molar-refractivity contribution is 9.10. The number of halogens is 3. The highest BCUT2D eigenvalue weighted by atomic mass is 79.9. The van der Waals surface area contributed by atoms with Crippen LogP contribution in [0.25, 0.3) is 0 Å². The Kier molecular flexibility index (Phi) is 7.78. The molecule has 2 amide bonds. The number of nitrogens with one attached hydrogen (secondary N) is 3. The first-order valence-electron chi connectivity index (χ1n) is 6.77. The lowest BCUT2D eigenvalue weighted by molar-refractivity contribution is -0.121. The van der Waals surface area contributed by atoms with Gasteiger partial charge in [0.2, 0.25) is 5.91 Å². The van der Waals surface area contributed by atoms with E-state index in [-0.39, 0.29) is 36.8 Å². The van der Waals surface area contributed by atoms with Gasteiger partial charge in [-0.1, -0.05) is 0 Å². The molecule has 122 valence electrons. The molecule has 1 aromatic carbocycles. The summed E-state index contributed by atoms with van der Waals surface area (Å²) in [5, 5.41) is 8.55. The highest BCUT2D eigenvalue weighted by Gasteiger charge is 2.17. The van der Waals surface area contributed by atoms with Crippen LogP contribution in [0.1, 0.15) is 16.8 Å². The third kappa shape index (κ3) is 5.55. The minimum absolute atomic E-state index is 0. The van der Waals surface area contributed by atoms with E-state index < -0.39 is 11.7 Å². The summed E-state index contributed by atoms with van der Waals surface area (Å²) in [4.78, 5) is 23.4. The third-order valence-electron chi connectivity index (χ3n) is 3.26. The van der Waals surface area contributed by atoms with Crippen molar-refractivity contribution in [3.63, 3.8) is 0 Å². The molecule has 0 spiro atoms. The average molecular weight is 395 g/mol. The molecule has 3 N–H and O–H groups in total. The molecular formula is C14H18BrClFN3O2. The van der Waals surface area contributed by atoms with Crippen LogP contribution in [0.15, 0.2) is 22.7 Å². The molecule has 22 heavy (non-hydrogen) atoms. The van der Waals surface area contributed by atoms with Gasteiger partial charge in [0.15, 0.2) is 0 Å². The maximum atomic E-state index is 13.1. The van der Waals surface area contributed by atoms with Crippen molar-refractivity contribution >= 4 is 40.2 Å². The number of hydrogen-bond acceptors (Lipinski definition) is 3. The Morgan fingerprint density at radius 1 is 1.32 bits per heavy atom. The molecule has 8 heteroatoms. The van der Waals surface area contributed by atoms with Gasteiger partial charge in [-0.3, -0.25) is 9.59 Å². The summed E-state index contributed by atoms with van der Waals surface area (Å²) in [6, 6.07) is 3.90. The number of carbonyl (C=O) groups excluding carboxylic acids is 2. The van der Waals surface area contributed by atoms with Gasteiger partial charge in [0, 0.05) is 43.0 Å². The summed E-state index contributed by atoms with van der Waals surface area (Å²) in [5.74, 6) is -0.472. The maximum absolute atomic E-state index is 13.1. The van der Waals surface area contributed by atoms with Crippen LogP contribution in [0.5, 0.6) is 0 Å². The van der Waals surface area contributed by atoms with E-state index in [9.17, 15) is 14.0 Å². The molecule has 0 bridgehead atoms. The van der Waals surface area contributed by atoms with Crippen LogP contribution in [-0.2, 0) is 4.79 Å². The Hall–Kier alpha value is -1.18. The van der Waals surface area contributed by atoms with Gasteiger partial charge in [-0.05, 0) is 34.1 Å². The molecule has 0 radical (unpaired) electrons. The van der Waals surface area contributed by atoms with Crippen molar-refractivity contribution in [3.05, 3.63) is 34.1 Å². The van der Waals surface area contributed by atoms with Crippen molar-refractivity contribution in [1.82, 2.24) is 16.0 Å². The Morgan fingerprint density at radius 2 is 2.05 bits per heavy atom. The van der Waals surface area contributed by atoms with E-state index in [0.29, 0.717) is 16.9 Å². The summed E-state index contributed by atoms with van der Waals surface area (Å²) in [6.45, 7) is 2.75. The van der Waals surface area contributed by atoms with Crippen molar-refractivity contribution in [3.8, 4) is 0 Å². The Morgan fingerprint density at radius 3 is 2.68 bits per heavy atom. The van der Waals surface area contributed by atoms with Gasteiger partial charge in [-0.25, -0.2) is 4.39 Å². The second-order valence-electron chi connectivity index (χ2n) is 4.96. The van der Waals surface area contributed by atoms with Crippen molar-refractivity contribution in [1.29, 1.82) is 0 Å². The fourth-order valence-electron chi connectivity index (χ4n) is 1.90. The molecule has 1 aliphatic rings. The summed E-state index contributed by atoms with van der Waals surface area (Å²) >= 11 is 3.19. The van der Waals surface area contributed by atoms with E-state index in [1.165, 1.54) is 12.1 Å². The fourth-order valence-corrected chi connectivity index (χ4v) is 2.32. The topological polar surface area (TPSA) is 70.2 Å². The first-order chi connectivity index (χ1) is 10.1. The van der Waals surface area contributed by atoms with Crippen LogP contribution in [0.2, 0.25) is 0 Å². The smallest absolute Gasteiger partial charge is 0.252 e. The van der Waals surface area contributed by atoms with E-state index in [4.69, 9.17) is 0 Å². The lowest BCUT2D eigenvalue weighted by atomic mass is 10.0. The van der Waals surface area contributed by atoms with Gasteiger partial charge in [-0.15, -0.1) is 12.4 Å². The zero-order chi connectivity index (χ0) is 15.2. The number of rotatable bonds is 6. The number of hydrogen-bond donors (Lipinski definition) is 3. The van der Waals surface area contributed by atoms with Crippen LogP contribution in [-0.4, -0.2) is 38.0 Å². The molecule has 0 aliphatic carbocycles. The Labute approximate surface area is 143 Å². The number of amides is 2. The molecule has 2 rings (SSSR count). The van der Waals surface area contributed by atoms with Crippen molar-refractivity contribution in [2.24, 2.45) is 5.92 Å². The molecule has 5 nitrogen and oxygen atoms in total. The van der Waals surface area contributed by atoms with Crippen molar-refractivity contribution in [2.75, 3.05) is 26.2 Å². The molecule has 0 aromatic heterocycles. The van der Waals surface area contributed by atoms with Gasteiger partial charge < -0.3 is 16.0 Å². The second kappa shape index (κ2) is 9.07. The molecule has 0 unspecified atom stereocenters. The van der Waals surface area contributed by atoms with Crippen LogP contribution < -0.4 is 16.0 Å². The van der Waals surface area contributed by atoms with Gasteiger partial charge in [0.25, 0.3) is 5.91 Å². The molecule has 1 heterocycles. The quantitative estimate of drug-likeness (QED) is 0.684. The van der Waals surface area contributed by atoms with E-state index in [2.05, 4.69) is 31.9 Å². The molecule has 1 aliphatic heterocycles. The minimum atomic E-state index is -0.477. The largest absolute Gasteiger partial charge is 0.356 e. The zero-order valence-corrected chi connectivity index (χ0v) is 14.2. The molecule has 1 fully saturated rings. The van der Waals surface area contributed by atoms with Crippen LogP contribution in [0.3, 0.4) is 0 Å². The van der Waals surface area contributed by atoms with Crippen molar-refractivity contribution in [2.45, 2.75) is 6.42 Å². The van der Waals surface area contributed by atoms with Gasteiger partial charge in [-0.2, -0.15) is 0 Å². The summed E-state index contributed by atoms with van der Waals surface area (Å²) in [5.41, 5.74) is 0.218. The second-order valence-corrected chi connectivity index (χ2v) is 5.81. The normalized spacial score (nSPS) is 13.7. The lowest BCUT2D eigenvalue weighted by Crippen LogP contribution is -2.48. The maximum Gasteiger partial charge on any atom is 0.252 e. The molecule has 0 saturated carbocycles. The molecule has 1 aromatic rings. The van der Waals surface area contributed by atoms with E-state index in [1.54, 1.807) is 0 Å². The fraction of sp³-hybridized carbons (Fsp3) is 0.429. The molecular weight excluding hydrogens is 377 g/mol. The third-order valence-corrected chi connectivity index (χ3v) is 3.96.